The summed E-state index contributed by atoms with van der Waals surface area (Å²) < 4.78 is 0. The van der Waals surface area contributed by atoms with Crippen LogP contribution in [0.15, 0.2) is 16.8 Å². The molecule has 1 aromatic heterocycles. The van der Waals surface area contributed by atoms with Crippen LogP contribution in [0.25, 0.3) is 0 Å². The zero-order chi connectivity index (χ0) is 13.0. The van der Waals surface area contributed by atoms with E-state index in [4.69, 9.17) is 0 Å². The molecule has 0 aliphatic heterocycles. The standard InChI is InChI=1S/C15H26N2S/c1-4-14(9-16-12(2)3)17(15-5-6-15)10-13-7-8-18-11-13/h7-8,11-12,14-16H,4-6,9-10H2,1-3H3. The summed E-state index contributed by atoms with van der Waals surface area (Å²) in [6, 6.07) is 4.37. The molecule has 3 heteroatoms. The fraction of sp³-hybridized carbons (Fsp3) is 0.733. The highest BCUT2D eigenvalue weighted by Crippen LogP contribution is 2.31. The van der Waals surface area contributed by atoms with Crippen molar-refractivity contribution in [1.82, 2.24) is 10.2 Å². The predicted octanol–water partition coefficient (Wildman–Crippen LogP) is 3.49. The fourth-order valence-corrected chi connectivity index (χ4v) is 3.08. The maximum atomic E-state index is 3.60. The van der Waals surface area contributed by atoms with Crippen LogP contribution in [0, 0.1) is 0 Å². The number of rotatable bonds is 8. The minimum Gasteiger partial charge on any atom is -0.313 e. The molecule has 1 N–H and O–H groups in total. The van der Waals surface area contributed by atoms with Gasteiger partial charge in [0.05, 0.1) is 0 Å². The summed E-state index contributed by atoms with van der Waals surface area (Å²) in [5.74, 6) is 0. The Labute approximate surface area is 115 Å². The van der Waals surface area contributed by atoms with Crippen LogP contribution in [-0.4, -0.2) is 29.6 Å². The molecule has 2 nitrogen and oxygen atoms in total. The van der Waals surface area contributed by atoms with E-state index in [-0.39, 0.29) is 0 Å². The summed E-state index contributed by atoms with van der Waals surface area (Å²) in [5, 5.41) is 8.08. The molecule has 1 atom stereocenters. The van der Waals surface area contributed by atoms with E-state index in [1.54, 1.807) is 0 Å². The number of hydrogen-bond acceptors (Lipinski definition) is 3. The molecule has 0 amide bonds. The maximum Gasteiger partial charge on any atom is 0.0248 e. The monoisotopic (exact) mass is 266 g/mol. The van der Waals surface area contributed by atoms with Crippen LogP contribution in [-0.2, 0) is 6.54 Å². The average Bonchev–Trinajstić information content (AvgIpc) is 3.06. The van der Waals surface area contributed by atoms with Crippen molar-refractivity contribution in [3.05, 3.63) is 22.4 Å². The van der Waals surface area contributed by atoms with Crippen LogP contribution in [0.3, 0.4) is 0 Å². The molecular weight excluding hydrogens is 240 g/mol. The lowest BCUT2D eigenvalue weighted by atomic mass is 10.1. The van der Waals surface area contributed by atoms with Gasteiger partial charge in [-0.25, -0.2) is 0 Å². The average molecular weight is 266 g/mol. The molecule has 0 saturated heterocycles. The summed E-state index contributed by atoms with van der Waals surface area (Å²) in [6.07, 6.45) is 4.02. The smallest absolute Gasteiger partial charge is 0.0248 e. The highest BCUT2D eigenvalue weighted by Gasteiger charge is 2.33. The zero-order valence-electron chi connectivity index (χ0n) is 11.9. The van der Waals surface area contributed by atoms with E-state index in [0.717, 1.165) is 19.1 Å². The summed E-state index contributed by atoms with van der Waals surface area (Å²) in [7, 11) is 0. The van der Waals surface area contributed by atoms with Gasteiger partial charge in [-0.3, -0.25) is 4.90 Å². The van der Waals surface area contributed by atoms with Gasteiger partial charge in [0, 0.05) is 31.2 Å². The van der Waals surface area contributed by atoms with E-state index in [2.05, 4.69) is 47.8 Å². The highest BCUT2D eigenvalue weighted by atomic mass is 32.1. The van der Waals surface area contributed by atoms with Crippen LogP contribution in [0.4, 0.5) is 0 Å². The van der Waals surface area contributed by atoms with Crippen LogP contribution in [0.5, 0.6) is 0 Å². The molecule has 0 spiro atoms. The van der Waals surface area contributed by atoms with Crippen molar-refractivity contribution in [2.24, 2.45) is 0 Å². The van der Waals surface area contributed by atoms with Crippen LogP contribution in [0.1, 0.15) is 45.6 Å². The first-order valence-electron chi connectivity index (χ1n) is 7.21. The van der Waals surface area contributed by atoms with Gasteiger partial charge in [0.1, 0.15) is 0 Å². The van der Waals surface area contributed by atoms with Gasteiger partial charge in [-0.05, 0) is 41.7 Å². The van der Waals surface area contributed by atoms with E-state index < -0.39 is 0 Å². The lowest BCUT2D eigenvalue weighted by molar-refractivity contribution is 0.166. The van der Waals surface area contributed by atoms with Crippen molar-refractivity contribution in [1.29, 1.82) is 0 Å². The molecule has 102 valence electrons. The second-order valence-corrected chi connectivity index (χ2v) is 6.44. The quantitative estimate of drug-likeness (QED) is 0.775. The first-order valence-corrected chi connectivity index (χ1v) is 8.15. The van der Waals surface area contributed by atoms with Crippen molar-refractivity contribution in [3.63, 3.8) is 0 Å². The Kier molecular flexibility index (Phi) is 5.22. The summed E-state index contributed by atoms with van der Waals surface area (Å²) in [5.41, 5.74) is 1.48. The van der Waals surface area contributed by atoms with E-state index in [0.29, 0.717) is 12.1 Å². The molecule has 1 aromatic rings. The number of nitrogens with one attached hydrogen (secondary N) is 1. The van der Waals surface area contributed by atoms with Crippen molar-refractivity contribution in [2.45, 2.75) is 64.7 Å². The first kappa shape index (κ1) is 14.0. The summed E-state index contributed by atoms with van der Waals surface area (Å²) in [6.45, 7) is 9.02. The minimum atomic E-state index is 0.584. The van der Waals surface area contributed by atoms with E-state index >= 15 is 0 Å². The molecule has 1 unspecified atom stereocenters. The number of hydrogen-bond donors (Lipinski definition) is 1. The Morgan fingerprint density at radius 1 is 1.44 bits per heavy atom. The van der Waals surface area contributed by atoms with Crippen molar-refractivity contribution in [2.75, 3.05) is 6.54 Å². The normalized spacial score (nSPS) is 17.6. The van der Waals surface area contributed by atoms with E-state index in [1.165, 1.54) is 24.8 Å². The third-order valence-corrected chi connectivity index (χ3v) is 4.40. The summed E-state index contributed by atoms with van der Waals surface area (Å²) >= 11 is 1.81. The van der Waals surface area contributed by atoms with Crippen molar-refractivity contribution in [3.8, 4) is 0 Å². The molecule has 2 rings (SSSR count). The Morgan fingerprint density at radius 3 is 2.72 bits per heavy atom. The highest BCUT2D eigenvalue weighted by molar-refractivity contribution is 7.07. The van der Waals surface area contributed by atoms with Gasteiger partial charge in [0.15, 0.2) is 0 Å². The van der Waals surface area contributed by atoms with E-state index in [1.807, 2.05) is 11.3 Å². The van der Waals surface area contributed by atoms with Gasteiger partial charge in [-0.15, -0.1) is 0 Å². The van der Waals surface area contributed by atoms with Gasteiger partial charge in [-0.1, -0.05) is 20.8 Å². The van der Waals surface area contributed by atoms with Gasteiger partial charge in [0.25, 0.3) is 0 Å². The first-order chi connectivity index (χ1) is 8.70. The molecule has 1 fully saturated rings. The number of nitrogens with zero attached hydrogens (tertiary/aromatic N) is 1. The molecule has 1 aliphatic carbocycles. The Balaban J connectivity index is 1.94. The lowest BCUT2D eigenvalue weighted by Gasteiger charge is -2.32. The van der Waals surface area contributed by atoms with Crippen molar-refractivity contribution < 1.29 is 0 Å². The Hall–Kier alpha value is -0.380. The minimum absolute atomic E-state index is 0.584. The van der Waals surface area contributed by atoms with E-state index in [9.17, 15) is 0 Å². The van der Waals surface area contributed by atoms with Gasteiger partial charge < -0.3 is 5.32 Å². The molecule has 1 aliphatic rings. The topological polar surface area (TPSA) is 15.3 Å². The van der Waals surface area contributed by atoms with Crippen LogP contribution in [0.2, 0.25) is 0 Å². The molecule has 1 heterocycles. The molecule has 18 heavy (non-hydrogen) atoms. The largest absolute Gasteiger partial charge is 0.313 e. The SMILES string of the molecule is CCC(CNC(C)C)N(Cc1ccsc1)C1CC1. The Bertz CT molecular complexity index is 330. The second-order valence-electron chi connectivity index (χ2n) is 5.66. The van der Waals surface area contributed by atoms with Gasteiger partial charge >= 0.3 is 0 Å². The zero-order valence-corrected chi connectivity index (χ0v) is 12.7. The molecule has 0 radical (unpaired) electrons. The lowest BCUT2D eigenvalue weighted by Crippen LogP contribution is -2.44. The van der Waals surface area contributed by atoms with Crippen LogP contribution >= 0.6 is 11.3 Å². The molecule has 0 aromatic carbocycles. The van der Waals surface area contributed by atoms with Gasteiger partial charge in [0.2, 0.25) is 0 Å². The van der Waals surface area contributed by atoms with Crippen LogP contribution < -0.4 is 5.32 Å². The predicted molar refractivity (Wildman–Crippen MR) is 80.1 cm³/mol. The van der Waals surface area contributed by atoms with Crippen molar-refractivity contribution >= 4 is 11.3 Å². The number of thiophene rings is 1. The maximum absolute atomic E-state index is 3.60. The summed E-state index contributed by atoms with van der Waals surface area (Å²) in [4.78, 5) is 2.72. The molecule has 0 bridgehead atoms. The third-order valence-electron chi connectivity index (χ3n) is 3.66. The molecular formula is C15H26N2S. The van der Waals surface area contributed by atoms with Gasteiger partial charge in [-0.2, -0.15) is 11.3 Å². The molecule has 1 saturated carbocycles. The third kappa shape index (κ3) is 4.08. The Morgan fingerprint density at radius 2 is 2.22 bits per heavy atom. The second kappa shape index (κ2) is 6.69. The fourth-order valence-electron chi connectivity index (χ4n) is 2.42.